The van der Waals surface area contributed by atoms with Crippen molar-refractivity contribution in [3.63, 3.8) is 0 Å². The van der Waals surface area contributed by atoms with E-state index in [4.69, 9.17) is 14.6 Å². The van der Waals surface area contributed by atoms with Crippen LogP contribution in [0.25, 0.3) is 0 Å². The van der Waals surface area contributed by atoms with Crippen LogP contribution in [0.2, 0.25) is 0 Å². The van der Waals surface area contributed by atoms with E-state index in [2.05, 4.69) is 46.6 Å². The fourth-order valence-electron chi connectivity index (χ4n) is 4.25. The minimum Gasteiger partial charge on any atom is -0.497 e. The van der Waals surface area contributed by atoms with Crippen molar-refractivity contribution in [1.82, 2.24) is 15.1 Å². The van der Waals surface area contributed by atoms with Gasteiger partial charge in [-0.3, -0.25) is 9.69 Å². The molecule has 1 aliphatic heterocycles. The quantitative estimate of drug-likeness (QED) is 0.479. The largest absolute Gasteiger partial charge is 0.497 e. The van der Waals surface area contributed by atoms with Gasteiger partial charge in [-0.25, -0.2) is 0 Å². The van der Waals surface area contributed by atoms with Crippen LogP contribution in [0.4, 0.5) is 0 Å². The first kappa shape index (κ1) is 36.7. The Balaban J connectivity index is 0.00000204. The Kier molecular flexibility index (Phi) is 18.9. The highest BCUT2D eigenvalue weighted by Crippen LogP contribution is 2.20. The fraction of sp³-hybridized carbons (Fsp3) is 0.406. The van der Waals surface area contributed by atoms with E-state index in [9.17, 15) is 4.79 Å². The number of methoxy groups -OCH3 is 1. The first-order chi connectivity index (χ1) is 18.5. The number of benzene rings is 3. The Morgan fingerprint density at radius 3 is 2.25 bits per heavy atom. The lowest BCUT2D eigenvalue weighted by atomic mass is 10.0. The maximum absolute atomic E-state index is 13.4. The summed E-state index contributed by atoms with van der Waals surface area (Å²) in [6.07, 6.45) is 0.839. The van der Waals surface area contributed by atoms with Crippen molar-refractivity contribution < 1.29 is 24.9 Å². The van der Waals surface area contributed by atoms with Gasteiger partial charge in [0.25, 0.3) is 5.91 Å². The van der Waals surface area contributed by atoms with Crippen molar-refractivity contribution in [3.05, 3.63) is 101 Å². The number of nitrogens with zero attached hydrogens (tertiary/aromatic N) is 2. The number of hydrogen-bond acceptors (Lipinski definition) is 6. The highest BCUT2D eigenvalue weighted by molar-refractivity contribution is 5.94. The molecule has 1 fully saturated rings. The van der Waals surface area contributed by atoms with Crippen LogP contribution in [0.1, 0.15) is 34.5 Å². The maximum Gasteiger partial charge on any atom is 0.253 e. The second-order valence-corrected chi connectivity index (χ2v) is 9.10. The maximum atomic E-state index is 13.4. The average molecular weight is 556 g/mol. The third-order valence-electron chi connectivity index (χ3n) is 6.13. The summed E-state index contributed by atoms with van der Waals surface area (Å²) in [5.74, 6) is 0.899. The molecule has 40 heavy (non-hydrogen) atoms. The summed E-state index contributed by atoms with van der Waals surface area (Å²) < 4.78 is 11.4. The molecule has 8 nitrogen and oxygen atoms in total. The van der Waals surface area contributed by atoms with E-state index >= 15 is 0 Å². The third kappa shape index (κ3) is 11.9. The number of ether oxygens (including phenoxy) is 2. The number of nitrogens with one attached hydrogen (secondary N) is 1. The highest BCUT2D eigenvalue weighted by Gasteiger charge is 2.27. The van der Waals surface area contributed by atoms with Crippen molar-refractivity contribution >= 4 is 5.91 Å². The van der Waals surface area contributed by atoms with Gasteiger partial charge < -0.3 is 30.3 Å². The minimum atomic E-state index is 0. The molecule has 1 atom stereocenters. The molecule has 1 saturated heterocycles. The van der Waals surface area contributed by atoms with Gasteiger partial charge in [-0.15, -0.1) is 0 Å². The van der Waals surface area contributed by atoms with E-state index in [1.54, 1.807) is 7.11 Å². The summed E-state index contributed by atoms with van der Waals surface area (Å²) in [7, 11) is 6.44. The van der Waals surface area contributed by atoms with Crippen LogP contribution in [-0.2, 0) is 17.7 Å². The second kappa shape index (κ2) is 20.6. The van der Waals surface area contributed by atoms with Gasteiger partial charge in [0.15, 0.2) is 0 Å². The molecular formula is C32H49N3O5. The van der Waals surface area contributed by atoms with Crippen molar-refractivity contribution in [1.29, 1.82) is 0 Å². The van der Waals surface area contributed by atoms with Crippen LogP contribution >= 0.6 is 0 Å². The topological polar surface area (TPSA) is 106 Å². The molecule has 0 bridgehead atoms. The monoisotopic (exact) mass is 555 g/mol. The summed E-state index contributed by atoms with van der Waals surface area (Å²) in [6.45, 7) is 5.04. The highest BCUT2D eigenvalue weighted by atomic mass is 16.5. The predicted octanol–water partition coefficient (Wildman–Crippen LogP) is 3.80. The smallest absolute Gasteiger partial charge is 0.253 e. The Morgan fingerprint density at radius 2 is 1.62 bits per heavy atom. The van der Waals surface area contributed by atoms with E-state index in [1.807, 2.05) is 68.4 Å². The van der Waals surface area contributed by atoms with Gasteiger partial charge >= 0.3 is 0 Å². The molecule has 4 rings (SSSR count). The van der Waals surface area contributed by atoms with Crippen molar-refractivity contribution in [3.8, 4) is 5.75 Å². The second-order valence-electron chi connectivity index (χ2n) is 9.10. The van der Waals surface area contributed by atoms with Gasteiger partial charge in [0.1, 0.15) is 5.75 Å². The Morgan fingerprint density at radius 1 is 1.00 bits per heavy atom. The van der Waals surface area contributed by atoms with Crippen LogP contribution in [0.5, 0.6) is 5.75 Å². The summed E-state index contributed by atoms with van der Waals surface area (Å²) in [6, 6.07) is 26.5. The van der Waals surface area contributed by atoms with E-state index < -0.39 is 0 Å². The average Bonchev–Trinajstić information content (AvgIpc) is 2.94. The van der Waals surface area contributed by atoms with E-state index in [0.717, 1.165) is 42.5 Å². The lowest BCUT2D eigenvalue weighted by Gasteiger charge is -2.38. The van der Waals surface area contributed by atoms with Gasteiger partial charge in [-0.2, -0.15) is 0 Å². The van der Waals surface area contributed by atoms with Crippen LogP contribution < -0.4 is 10.1 Å². The Bertz CT molecular complexity index is 1060. The van der Waals surface area contributed by atoms with Crippen LogP contribution in [0.3, 0.4) is 0 Å². The fourth-order valence-corrected chi connectivity index (χ4v) is 4.25. The number of carbonyl (C=O) groups is 1. The first-order valence-corrected chi connectivity index (χ1v) is 12.9. The molecule has 3 aromatic rings. The van der Waals surface area contributed by atoms with Crippen molar-refractivity contribution in [2.24, 2.45) is 0 Å². The molecule has 4 N–H and O–H groups in total. The summed E-state index contributed by atoms with van der Waals surface area (Å²) in [5.41, 5.74) is 4.28. The molecule has 0 saturated carbocycles. The number of carbonyl (C=O) groups excluding carboxylic acids is 1. The third-order valence-corrected chi connectivity index (χ3v) is 6.13. The zero-order valence-corrected chi connectivity index (χ0v) is 23.9. The Hall–Kier alpha value is -3.27. The first-order valence-electron chi connectivity index (χ1n) is 12.9. The molecule has 1 amide bonds. The van der Waals surface area contributed by atoms with E-state index in [1.165, 1.54) is 5.56 Å². The molecule has 0 aromatic heterocycles. The molecule has 0 spiro atoms. The molecule has 0 unspecified atom stereocenters. The normalized spacial score (nSPS) is 14.8. The number of aliphatic hydroxyl groups is 1. The summed E-state index contributed by atoms with van der Waals surface area (Å²) in [4.78, 5) is 17.6. The zero-order valence-electron chi connectivity index (χ0n) is 23.9. The molecule has 3 aromatic carbocycles. The SMILES string of the molecule is C.CNC.CO.COc1cccc(CN2COCCN(C(=O)c3ccc(C)cc3)C[C@@H]2Cc2ccccc2)c1.O. The van der Waals surface area contributed by atoms with Crippen LogP contribution in [0.15, 0.2) is 78.9 Å². The predicted molar refractivity (Wildman–Crippen MR) is 164 cm³/mol. The number of hydrogen-bond donors (Lipinski definition) is 2. The summed E-state index contributed by atoms with van der Waals surface area (Å²) in [5, 5.41) is 9.75. The van der Waals surface area contributed by atoms with Gasteiger partial charge in [-0.05, 0) is 62.8 Å². The molecule has 222 valence electrons. The van der Waals surface area contributed by atoms with E-state index in [0.29, 0.717) is 26.4 Å². The van der Waals surface area contributed by atoms with Crippen LogP contribution in [-0.4, -0.2) is 87.1 Å². The lowest BCUT2D eigenvalue weighted by Crippen LogP contribution is -2.50. The molecular weight excluding hydrogens is 506 g/mol. The van der Waals surface area contributed by atoms with Gasteiger partial charge in [0.05, 0.1) is 20.4 Å². The van der Waals surface area contributed by atoms with Crippen molar-refractivity contribution in [2.75, 3.05) is 54.7 Å². The number of amides is 1. The summed E-state index contributed by atoms with van der Waals surface area (Å²) >= 11 is 0. The van der Waals surface area contributed by atoms with Gasteiger partial charge in [0, 0.05) is 38.3 Å². The molecule has 1 aliphatic rings. The van der Waals surface area contributed by atoms with Crippen molar-refractivity contribution in [2.45, 2.75) is 33.4 Å². The standard InChI is InChI=1S/C28H32N2O3.C2H7N.CH4O.CH4.H2O/c1-22-11-13-25(14-12-22)28(31)29-15-16-33-21-30(19-24-9-6-10-27(18-24)32-2)26(20-29)17-23-7-4-3-5-8-23;1-3-2;1-2;;/h3-14,18,26H,15-17,19-21H2,1-2H3;3H,1-2H3;2H,1H3;1H4;1H2/t26-;;;;/m0..../s1. The number of rotatable bonds is 6. The minimum absolute atomic E-state index is 0. The molecule has 0 aliphatic carbocycles. The zero-order chi connectivity index (χ0) is 27.8. The molecule has 8 heteroatoms. The van der Waals surface area contributed by atoms with E-state index in [-0.39, 0.29) is 24.9 Å². The number of aliphatic hydroxyl groups excluding tert-OH is 1. The molecule has 1 heterocycles. The molecule has 0 radical (unpaired) electrons. The van der Waals surface area contributed by atoms with Crippen LogP contribution in [0, 0.1) is 6.92 Å². The lowest BCUT2D eigenvalue weighted by molar-refractivity contribution is -0.0343. The Labute approximate surface area is 240 Å². The number of aryl methyl sites for hydroxylation is 1. The van der Waals surface area contributed by atoms with Gasteiger partial charge in [0.2, 0.25) is 0 Å². The van der Waals surface area contributed by atoms with Gasteiger partial charge in [-0.1, -0.05) is 67.6 Å².